The van der Waals surface area contributed by atoms with Crippen molar-refractivity contribution in [1.82, 2.24) is 4.98 Å². The van der Waals surface area contributed by atoms with E-state index < -0.39 is 0 Å². The van der Waals surface area contributed by atoms with Gasteiger partial charge in [0.25, 0.3) is 5.91 Å². The molecular weight excluding hydrogens is 398 g/mol. The molecule has 1 saturated heterocycles. The molecule has 2 aromatic carbocycles. The molecule has 0 spiro atoms. The summed E-state index contributed by atoms with van der Waals surface area (Å²) in [6.45, 7) is 5.08. The zero-order valence-corrected chi connectivity index (χ0v) is 18.1. The van der Waals surface area contributed by atoms with Gasteiger partial charge in [-0.25, -0.2) is 4.98 Å². The van der Waals surface area contributed by atoms with Gasteiger partial charge < -0.3 is 15.0 Å². The maximum absolute atomic E-state index is 12.4. The van der Waals surface area contributed by atoms with Gasteiger partial charge in [0.05, 0.1) is 0 Å². The fourth-order valence-corrected chi connectivity index (χ4v) is 4.02. The molecule has 0 radical (unpaired) electrons. The Kier molecular flexibility index (Phi) is 6.09. The molecule has 1 N–H and O–H groups in total. The quantitative estimate of drug-likeness (QED) is 0.580. The first kappa shape index (κ1) is 20.5. The van der Waals surface area contributed by atoms with E-state index in [0.29, 0.717) is 22.5 Å². The molecule has 0 aliphatic carbocycles. The Morgan fingerprint density at radius 2 is 2.10 bits per heavy atom. The number of para-hydroxylation sites is 1. The minimum absolute atomic E-state index is 0.101. The molecule has 3 aromatic rings. The molecule has 0 bridgehead atoms. The van der Waals surface area contributed by atoms with Gasteiger partial charge in [0.15, 0.2) is 6.61 Å². The van der Waals surface area contributed by atoms with Crippen molar-refractivity contribution in [3.8, 4) is 5.75 Å². The lowest BCUT2D eigenvalue weighted by atomic mass is 10.0. The Morgan fingerprint density at radius 3 is 2.90 bits per heavy atom. The number of anilines is 2. The molecule has 4 rings (SSSR count). The van der Waals surface area contributed by atoms with E-state index in [2.05, 4.69) is 29.3 Å². The van der Waals surface area contributed by atoms with Crippen molar-refractivity contribution in [2.24, 2.45) is 0 Å². The Bertz CT molecular complexity index is 1070. The molecular formula is C24H26ClN3O2. The van der Waals surface area contributed by atoms with E-state index in [4.69, 9.17) is 21.3 Å². The largest absolute Gasteiger partial charge is 0.481 e. The highest BCUT2D eigenvalue weighted by atomic mass is 35.5. The van der Waals surface area contributed by atoms with Crippen molar-refractivity contribution in [3.63, 3.8) is 0 Å². The summed E-state index contributed by atoms with van der Waals surface area (Å²) in [5.74, 6) is 1.33. The number of hydrogen-bond acceptors (Lipinski definition) is 4. The first-order valence-electron chi connectivity index (χ1n) is 10.4. The molecule has 1 fully saturated rings. The summed E-state index contributed by atoms with van der Waals surface area (Å²) < 4.78 is 5.85. The van der Waals surface area contributed by atoms with Gasteiger partial charge in [0.1, 0.15) is 17.1 Å². The predicted octanol–water partition coefficient (Wildman–Crippen LogP) is 5.59. The van der Waals surface area contributed by atoms with E-state index >= 15 is 0 Å². The lowest BCUT2D eigenvalue weighted by molar-refractivity contribution is -0.118. The summed E-state index contributed by atoms with van der Waals surface area (Å²) in [4.78, 5) is 19.6. The summed E-state index contributed by atoms with van der Waals surface area (Å²) in [6, 6.07) is 15.8. The second kappa shape index (κ2) is 8.92. The predicted molar refractivity (Wildman–Crippen MR) is 123 cm³/mol. The third kappa shape index (κ3) is 4.51. The number of rotatable bonds is 5. The number of halogens is 1. The number of carbonyl (C=O) groups excluding carboxylic acids is 1. The van der Waals surface area contributed by atoms with E-state index in [9.17, 15) is 4.79 Å². The van der Waals surface area contributed by atoms with Crippen LogP contribution in [-0.2, 0) is 4.79 Å². The molecule has 30 heavy (non-hydrogen) atoms. The van der Waals surface area contributed by atoms with Crippen molar-refractivity contribution in [1.29, 1.82) is 0 Å². The minimum atomic E-state index is -0.243. The smallest absolute Gasteiger partial charge is 0.262 e. The van der Waals surface area contributed by atoms with Crippen LogP contribution in [0, 0.1) is 6.92 Å². The molecule has 1 amide bonds. The van der Waals surface area contributed by atoms with E-state index in [1.807, 2.05) is 37.3 Å². The van der Waals surface area contributed by atoms with Gasteiger partial charge in [0, 0.05) is 28.7 Å². The molecule has 1 aromatic heterocycles. The summed E-state index contributed by atoms with van der Waals surface area (Å²) in [6.07, 6.45) is 3.63. The highest BCUT2D eigenvalue weighted by Crippen LogP contribution is 2.29. The molecule has 1 aliphatic heterocycles. The van der Waals surface area contributed by atoms with Crippen molar-refractivity contribution in [2.75, 3.05) is 23.4 Å². The van der Waals surface area contributed by atoms with E-state index in [1.54, 1.807) is 6.07 Å². The number of nitrogens with zero attached hydrogens (tertiary/aromatic N) is 2. The highest BCUT2D eigenvalue weighted by molar-refractivity contribution is 6.31. The third-order valence-electron chi connectivity index (χ3n) is 5.58. The van der Waals surface area contributed by atoms with Gasteiger partial charge in [-0.15, -0.1) is 0 Å². The lowest BCUT2D eigenvalue weighted by Crippen LogP contribution is -2.37. The van der Waals surface area contributed by atoms with Crippen LogP contribution in [0.5, 0.6) is 5.75 Å². The fourth-order valence-electron chi connectivity index (χ4n) is 3.84. The minimum Gasteiger partial charge on any atom is -0.481 e. The van der Waals surface area contributed by atoms with E-state index in [-0.39, 0.29) is 12.5 Å². The molecule has 1 atom stereocenters. The Hall–Kier alpha value is -2.79. The summed E-state index contributed by atoms with van der Waals surface area (Å²) in [7, 11) is 0. The first-order chi connectivity index (χ1) is 14.5. The molecule has 2 heterocycles. The molecule has 1 unspecified atom stereocenters. The highest BCUT2D eigenvalue weighted by Gasteiger charge is 2.20. The summed E-state index contributed by atoms with van der Waals surface area (Å²) in [5.41, 5.74) is 2.39. The number of hydrogen-bond donors (Lipinski definition) is 1. The molecule has 1 aliphatic rings. The zero-order valence-electron chi connectivity index (χ0n) is 17.3. The molecule has 0 saturated carbocycles. The van der Waals surface area contributed by atoms with Crippen LogP contribution in [0.4, 0.5) is 11.5 Å². The number of benzene rings is 2. The zero-order chi connectivity index (χ0) is 21.1. The monoisotopic (exact) mass is 423 g/mol. The number of piperidine rings is 1. The molecule has 5 nitrogen and oxygen atoms in total. The van der Waals surface area contributed by atoms with Gasteiger partial charge in [-0.05, 0) is 69.0 Å². The normalized spacial score (nSPS) is 16.5. The third-order valence-corrected chi connectivity index (χ3v) is 5.99. The Balaban J connectivity index is 1.49. The Morgan fingerprint density at radius 1 is 1.23 bits per heavy atom. The van der Waals surface area contributed by atoms with E-state index in [0.717, 1.165) is 28.8 Å². The van der Waals surface area contributed by atoms with Crippen molar-refractivity contribution >= 4 is 39.9 Å². The number of nitrogens with one attached hydrogen (secondary N) is 1. The van der Waals surface area contributed by atoms with Gasteiger partial charge in [-0.2, -0.15) is 0 Å². The summed E-state index contributed by atoms with van der Waals surface area (Å²) in [5, 5.41) is 4.43. The van der Waals surface area contributed by atoms with Crippen LogP contribution in [0.3, 0.4) is 0 Å². The van der Waals surface area contributed by atoms with Crippen LogP contribution in [0.1, 0.15) is 31.7 Å². The SMILES string of the molecule is Cc1ccc(NC(=O)COc2cccc3ccc(N4CCCCC4C)nc23)cc1Cl. The number of carbonyl (C=O) groups is 1. The van der Waals surface area contributed by atoms with Gasteiger partial charge >= 0.3 is 0 Å². The van der Waals surface area contributed by atoms with Crippen molar-refractivity contribution in [3.05, 3.63) is 59.1 Å². The maximum atomic E-state index is 12.4. The standard InChI is InChI=1S/C24H26ClN3O2/c1-16-9-11-19(14-20(16)25)26-23(29)15-30-21-8-5-7-18-10-12-22(27-24(18)21)28-13-4-3-6-17(28)2/h5,7-12,14,17H,3-4,6,13,15H2,1-2H3,(H,26,29). The van der Waals surface area contributed by atoms with Crippen LogP contribution >= 0.6 is 11.6 Å². The van der Waals surface area contributed by atoms with E-state index in [1.165, 1.54) is 19.3 Å². The topological polar surface area (TPSA) is 54.5 Å². The second-order valence-corrected chi connectivity index (χ2v) is 8.24. The second-order valence-electron chi connectivity index (χ2n) is 7.84. The van der Waals surface area contributed by atoms with Crippen LogP contribution in [0.25, 0.3) is 10.9 Å². The average molecular weight is 424 g/mol. The number of fused-ring (bicyclic) bond motifs is 1. The number of amides is 1. The van der Waals surface area contributed by atoms with Crippen LogP contribution < -0.4 is 15.0 Å². The average Bonchev–Trinajstić information content (AvgIpc) is 2.75. The number of ether oxygens (including phenoxy) is 1. The van der Waals surface area contributed by atoms with Crippen LogP contribution in [0.15, 0.2) is 48.5 Å². The maximum Gasteiger partial charge on any atom is 0.262 e. The van der Waals surface area contributed by atoms with Gasteiger partial charge in [-0.1, -0.05) is 29.8 Å². The van der Waals surface area contributed by atoms with Gasteiger partial charge in [-0.3, -0.25) is 4.79 Å². The Labute approximate surface area is 182 Å². The van der Waals surface area contributed by atoms with Crippen molar-refractivity contribution in [2.45, 2.75) is 39.2 Å². The molecule has 156 valence electrons. The fraction of sp³-hybridized carbons (Fsp3) is 0.333. The number of pyridine rings is 1. The lowest BCUT2D eigenvalue weighted by Gasteiger charge is -2.34. The van der Waals surface area contributed by atoms with Crippen LogP contribution in [-0.4, -0.2) is 30.1 Å². The number of aromatic nitrogens is 1. The van der Waals surface area contributed by atoms with Crippen LogP contribution in [0.2, 0.25) is 5.02 Å². The first-order valence-corrected chi connectivity index (χ1v) is 10.7. The molecule has 6 heteroatoms. The van der Waals surface area contributed by atoms with Gasteiger partial charge in [0.2, 0.25) is 0 Å². The number of aryl methyl sites for hydroxylation is 1. The van der Waals surface area contributed by atoms with Crippen molar-refractivity contribution < 1.29 is 9.53 Å². The summed E-state index contributed by atoms with van der Waals surface area (Å²) >= 11 is 6.13.